The van der Waals surface area contributed by atoms with Crippen molar-refractivity contribution < 1.29 is 14.7 Å². The van der Waals surface area contributed by atoms with Crippen LogP contribution in [-0.4, -0.2) is 23.5 Å². The minimum atomic E-state index is -0.944. The minimum absolute atomic E-state index is 0.0180. The van der Waals surface area contributed by atoms with Crippen molar-refractivity contribution in [1.29, 1.82) is 5.26 Å². The fourth-order valence-corrected chi connectivity index (χ4v) is 6.79. The van der Waals surface area contributed by atoms with Crippen LogP contribution in [-0.2, 0) is 4.79 Å². The van der Waals surface area contributed by atoms with Crippen molar-refractivity contribution in [2.24, 2.45) is 23.7 Å². The number of nitrogens with zero attached hydrogens (tertiary/aromatic N) is 2. The molecule has 1 aromatic rings. The van der Waals surface area contributed by atoms with E-state index in [2.05, 4.69) is 19.1 Å². The lowest BCUT2D eigenvalue weighted by molar-refractivity contribution is -0.123. The highest BCUT2D eigenvalue weighted by Crippen LogP contribution is 2.41. The smallest absolute Gasteiger partial charge is 0.348 e. The molecule has 2 saturated carbocycles. The molecule has 0 atom stereocenters. The molecule has 1 aromatic heterocycles. The molecule has 0 aliphatic heterocycles. The van der Waals surface area contributed by atoms with E-state index in [-0.39, 0.29) is 17.7 Å². The molecule has 0 aromatic carbocycles. The second-order valence-electron chi connectivity index (χ2n) is 10.4. The van der Waals surface area contributed by atoms with Crippen molar-refractivity contribution in [2.45, 2.75) is 84.0 Å². The average molecular weight is 469 g/mol. The van der Waals surface area contributed by atoms with Gasteiger partial charge in [-0.3, -0.25) is 4.79 Å². The van der Waals surface area contributed by atoms with Crippen molar-refractivity contribution in [2.75, 3.05) is 11.4 Å². The van der Waals surface area contributed by atoms with Crippen LogP contribution in [0.5, 0.6) is 0 Å². The van der Waals surface area contributed by atoms with E-state index in [0.717, 1.165) is 75.5 Å². The molecule has 178 valence electrons. The van der Waals surface area contributed by atoms with Gasteiger partial charge in [-0.15, -0.1) is 11.3 Å². The maximum absolute atomic E-state index is 13.8. The number of hydrogen-bond donors (Lipinski definition) is 1. The van der Waals surface area contributed by atoms with Crippen LogP contribution >= 0.6 is 11.3 Å². The molecule has 0 unspecified atom stereocenters. The number of carboxylic acids is 1. The highest BCUT2D eigenvalue weighted by Gasteiger charge is 2.34. The number of thiophene rings is 1. The van der Waals surface area contributed by atoms with Gasteiger partial charge in [0.15, 0.2) is 0 Å². The lowest BCUT2D eigenvalue weighted by Crippen LogP contribution is -2.41. The Morgan fingerprint density at radius 1 is 1.12 bits per heavy atom. The van der Waals surface area contributed by atoms with Gasteiger partial charge in [-0.1, -0.05) is 13.0 Å². The third-order valence-electron chi connectivity index (χ3n) is 7.91. The lowest BCUT2D eigenvalue weighted by Gasteiger charge is -2.35. The maximum Gasteiger partial charge on any atom is 0.348 e. The number of carboxylic acid groups (broad SMARTS) is 1. The van der Waals surface area contributed by atoms with Crippen LogP contribution < -0.4 is 4.90 Å². The summed E-state index contributed by atoms with van der Waals surface area (Å²) >= 11 is 1.33. The Morgan fingerprint density at radius 3 is 2.45 bits per heavy atom. The molecule has 3 aliphatic carbocycles. The summed E-state index contributed by atoms with van der Waals surface area (Å²) in [5.74, 6) is 0.236. The molecule has 2 fully saturated rings. The number of aromatic carboxylic acids is 1. The fourth-order valence-electron chi connectivity index (χ4n) is 5.72. The van der Waals surface area contributed by atoms with Crippen molar-refractivity contribution >= 4 is 34.5 Å². The molecule has 0 bridgehead atoms. The van der Waals surface area contributed by atoms with E-state index in [1.807, 2.05) is 11.0 Å². The average Bonchev–Trinajstić information content (AvgIpc) is 3.29. The summed E-state index contributed by atoms with van der Waals surface area (Å²) in [4.78, 5) is 29.2. The summed E-state index contributed by atoms with van der Waals surface area (Å²) < 4.78 is 0. The zero-order valence-electron chi connectivity index (χ0n) is 19.7. The standard InChI is InChI=1S/C27H36N2O3S/c1-18-7-13-22(14-8-18)26(30)29(17-20-11-9-19(16-28)10-12-20)23-15-24(33-25(23)27(31)32)21-5-3-2-4-6-21/h5,15,18-20,22H,2-4,6-14,17H2,1H3,(H,31,32). The van der Waals surface area contributed by atoms with Crippen LogP contribution in [0.2, 0.25) is 0 Å². The normalized spacial score (nSPS) is 27.9. The highest BCUT2D eigenvalue weighted by molar-refractivity contribution is 7.15. The number of anilines is 1. The number of rotatable bonds is 6. The predicted octanol–water partition coefficient (Wildman–Crippen LogP) is 6.89. The monoisotopic (exact) mass is 468 g/mol. The molecule has 3 aliphatic rings. The Morgan fingerprint density at radius 2 is 1.85 bits per heavy atom. The van der Waals surface area contributed by atoms with E-state index in [1.54, 1.807) is 0 Å². The van der Waals surface area contributed by atoms with Gasteiger partial charge in [-0.2, -0.15) is 5.26 Å². The topological polar surface area (TPSA) is 81.4 Å². The number of nitriles is 1. The summed E-state index contributed by atoms with van der Waals surface area (Å²) in [5.41, 5.74) is 1.83. The zero-order chi connectivity index (χ0) is 23.4. The van der Waals surface area contributed by atoms with E-state index in [1.165, 1.54) is 23.3 Å². The maximum atomic E-state index is 13.8. The van der Waals surface area contributed by atoms with Crippen LogP contribution in [0.15, 0.2) is 12.1 Å². The molecule has 0 saturated heterocycles. The number of allylic oxidation sites excluding steroid dienone is 2. The van der Waals surface area contributed by atoms with E-state index >= 15 is 0 Å². The molecule has 6 heteroatoms. The van der Waals surface area contributed by atoms with E-state index in [4.69, 9.17) is 0 Å². The van der Waals surface area contributed by atoms with E-state index in [9.17, 15) is 20.0 Å². The van der Waals surface area contributed by atoms with Gasteiger partial charge in [0.25, 0.3) is 0 Å². The Bertz CT molecular complexity index is 928. The quantitative estimate of drug-likeness (QED) is 0.493. The molecule has 33 heavy (non-hydrogen) atoms. The summed E-state index contributed by atoms with van der Waals surface area (Å²) in [5, 5.41) is 19.3. The summed E-state index contributed by atoms with van der Waals surface area (Å²) in [6.45, 7) is 2.82. The first-order valence-corrected chi connectivity index (χ1v) is 13.6. The Labute approximate surface area is 201 Å². The third kappa shape index (κ3) is 5.69. The van der Waals surface area contributed by atoms with Crippen molar-refractivity contribution in [3.63, 3.8) is 0 Å². The Kier molecular flexibility index (Phi) is 7.90. The molecular formula is C27H36N2O3S. The van der Waals surface area contributed by atoms with Crippen LogP contribution in [0.3, 0.4) is 0 Å². The largest absolute Gasteiger partial charge is 0.477 e. The molecular weight excluding hydrogens is 432 g/mol. The molecule has 1 heterocycles. The van der Waals surface area contributed by atoms with E-state index in [0.29, 0.717) is 28.9 Å². The second kappa shape index (κ2) is 10.9. The lowest BCUT2D eigenvalue weighted by atomic mass is 9.80. The van der Waals surface area contributed by atoms with Gasteiger partial charge >= 0.3 is 5.97 Å². The van der Waals surface area contributed by atoms with Gasteiger partial charge in [0, 0.05) is 23.3 Å². The third-order valence-corrected chi connectivity index (χ3v) is 9.09. The highest BCUT2D eigenvalue weighted by atomic mass is 32.1. The zero-order valence-corrected chi connectivity index (χ0v) is 20.5. The van der Waals surface area contributed by atoms with E-state index < -0.39 is 5.97 Å². The predicted molar refractivity (Wildman–Crippen MR) is 132 cm³/mol. The minimum Gasteiger partial charge on any atom is -0.477 e. The van der Waals surface area contributed by atoms with Crippen LogP contribution in [0.1, 0.15) is 98.5 Å². The number of carbonyl (C=O) groups is 2. The van der Waals surface area contributed by atoms with Gasteiger partial charge < -0.3 is 10.0 Å². The molecule has 0 radical (unpaired) electrons. The van der Waals surface area contributed by atoms with Gasteiger partial charge in [0.1, 0.15) is 4.88 Å². The SMILES string of the molecule is CC1CCC(C(=O)N(CC2CCC(C#N)CC2)c2cc(C3=CCCCC3)sc2C(=O)O)CC1. The van der Waals surface area contributed by atoms with Crippen LogP contribution in [0.4, 0.5) is 5.69 Å². The summed E-state index contributed by atoms with van der Waals surface area (Å²) in [7, 11) is 0. The van der Waals surface area contributed by atoms with Gasteiger partial charge in [0.05, 0.1) is 11.8 Å². The Balaban J connectivity index is 1.64. The number of carbonyl (C=O) groups excluding carboxylic acids is 1. The van der Waals surface area contributed by atoms with Crippen LogP contribution in [0.25, 0.3) is 5.57 Å². The summed E-state index contributed by atoms with van der Waals surface area (Å²) in [6, 6.07) is 4.37. The molecule has 5 nitrogen and oxygen atoms in total. The first-order valence-electron chi connectivity index (χ1n) is 12.7. The number of hydrogen-bond acceptors (Lipinski definition) is 4. The Hall–Kier alpha value is -2.13. The molecule has 1 amide bonds. The molecule has 1 N–H and O–H groups in total. The van der Waals surface area contributed by atoms with Gasteiger partial charge in [-0.05, 0) is 101 Å². The summed E-state index contributed by atoms with van der Waals surface area (Å²) in [6.07, 6.45) is 14.1. The molecule has 4 rings (SSSR count). The van der Waals surface area contributed by atoms with Gasteiger partial charge in [0.2, 0.25) is 5.91 Å². The van der Waals surface area contributed by atoms with Crippen molar-refractivity contribution in [1.82, 2.24) is 0 Å². The van der Waals surface area contributed by atoms with Crippen LogP contribution in [0, 0.1) is 35.0 Å². The molecule has 0 spiro atoms. The van der Waals surface area contributed by atoms with Crippen molar-refractivity contribution in [3.05, 3.63) is 21.9 Å². The second-order valence-corrected chi connectivity index (χ2v) is 11.4. The fraction of sp³-hybridized carbons (Fsp3) is 0.667. The number of amides is 1. The van der Waals surface area contributed by atoms with Crippen molar-refractivity contribution in [3.8, 4) is 6.07 Å². The first-order chi connectivity index (χ1) is 16.0. The first kappa shape index (κ1) is 24.0. The van der Waals surface area contributed by atoms with Gasteiger partial charge in [-0.25, -0.2) is 4.79 Å².